The highest BCUT2D eigenvalue weighted by Gasteiger charge is 2.66. The first-order valence-corrected chi connectivity index (χ1v) is 15.9. The van der Waals surface area contributed by atoms with Gasteiger partial charge in [0.15, 0.2) is 0 Å². The van der Waals surface area contributed by atoms with E-state index < -0.39 is 0 Å². The first kappa shape index (κ1) is 27.7. The highest BCUT2D eigenvalue weighted by atomic mass is 16.5. The van der Waals surface area contributed by atoms with Crippen LogP contribution >= 0.6 is 0 Å². The lowest BCUT2D eigenvalue weighted by molar-refractivity contribution is -0.212. The molecule has 1 aromatic rings. The van der Waals surface area contributed by atoms with Gasteiger partial charge in [-0.1, -0.05) is 45.0 Å². The number of aliphatic hydroxyl groups excluding tert-OH is 2. The molecule has 4 saturated carbocycles. The topological polar surface area (TPSA) is 70.0 Å². The molecule has 4 aliphatic carbocycles. The van der Waals surface area contributed by atoms with E-state index in [2.05, 4.69) is 49.9 Å². The first-order valence-electron chi connectivity index (χ1n) is 15.9. The van der Waals surface area contributed by atoms with Crippen molar-refractivity contribution in [3.8, 4) is 0 Å². The second-order valence-corrected chi connectivity index (χ2v) is 14.6. The minimum atomic E-state index is -0.280. The van der Waals surface area contributed by atoms with Crippen LogP contribution in [0, 0.1) is 46.3 Å². The summed E-state index contributed by atoms with van der Waals surface area (Å²) >= 11 is 0. The SMILES string of the molecule is CO[C@H]1C[C@H]2[C@@H]([C@H](O)C[C@@H]3C[C@H](O)CC[C@@]32C)[C@@H]2CC[C@H]([C@H](C)CCC(=O)N3CCc4ccccc4C3)[C@@]12C. The fourth-order valence-corrected chi connectivity index (χ4v) is 10.9. The lowest BCUT2D eigenvalue weighted by atomic mass is 9.43. The molecule has 1 aliphatic heterocycles. The van der Waals surface area contributed by atoms with Crippen LogP contribution in [0.5, 0.6) is 0 Å². The summed E-state index contributed by atoms with van der Waals surface area (Å²) in [7, 11) is 1.90. The summed E-state index contributed by atoms with van der Waals surface area (Å²) in [5.41, 5.74) is 2.89. The third kappa shape index (κ3) is 4.50. The molecule has 4 fully saturated rings. The van der Waals surface area contributed by atoms with Crippen LogP contribution in [0.1, 0.15) is 89.7 Å². The van der Waals surface area contributed by atoms with E-state index in [-0.39, 0.29) is 29.1 Å². The van der Waals surface area contributed by atoms with Crippen molar-refractivity contribution >= 4 is 5.91 Å². The van der Waals surface area contributed by atoms with Crippen LogP contribution in [0.25, 0.3) is 0 Å². The van der Waals surface area contributed by atoms with Gasteiger partial charge in [0, 0.05) is 32.0 Å². The molecule has 39 heavy (non-hydrogen) atoms. The van der Waals surface area contributed by atoms with Gasteiger partial charge in [-0.3, -0.25) is 4.79 Å². The van der Waals surface area contributed by atoms with Gasteiger partial charge in [-0.05, 0) is 110 Å². The highest BCUT2D eigenvalue weighted by molar-refractivity contribution is 5.76. The van der Waals surface area contributed by atoms with Crippen molar-refractivity contribution in [1.29, 1.82) is 0 Å². The predicted octanol–water partition coefficient (Wildman–Crippen LogP) is 5.60. The average Bonchev–Trinajstić information content (AvgIpc) is 3.29. The van der Waals surface area contributed by atoms with E-state index in [9.17, 15) is 15.0 Å². The van der Waals surface area contributed by atoms with E-state index in [0.717, 1.165) is 64.5 Å². The third-order valence-electron chi connectivity index (χ3n) is 13.1. The van der Waals surface area contributed by atoms with Gasteiger partial charge >= 0.3 is 0 Å². The molecule has 2 N–H and O–H groups in total. The monoisotopic (exact) mass is 537 g/mol. The number of fused-ring (bicyclic) bond motifs is 6. The number of nitrogens with zero attached hydrogens (tertiary/aromatic N) is 1. The lowest BCUT2D eigenvalue weighted by Crippen LogP contribution is -2.62. The van der Waals surface area contributed by atoms with E-state index in [0.29, 0.717) is 47.8 Å². The Morgan fingerprint density at radius 3 is 2.62 bits per heavy atom. The Morgan fingerprint density at radius 1 is 1.08 bits per heavy atom. The lowest BCUT2D eigenvalue weighted by Gasteiger charge is -2.64. The summed E-state index contributed by atoms with van der Waals surface area (Å²) in [5, 5.41) is 22.0. The number of carbonyl (C=O) groups excluding carboxylic acids is 1. The maximum atomic E-state index is 13.3. The van der Waals surface area contributed by atoms with Crippen LogP contribution < -0.4 is 0 Å². The number of hydrogen-bond donors (Lipinski definition) is 2. The third-order valence-corrected chi connectivity index (χ3v) is 13.1. The van der Waals surface area contributed by atoms with E-state index in [1.807, 2.05) is 7.11 Å². The van der Waals surface area contributed by atoms with Crippen molar-refractivity contribution in [2.24, 2.45) is 46.3 Å². The molecule has 6 rings (SSSR count). The molecule has 0 saturated heterocycles. The van der Waals surface area contributed by atoms with Crippen molar-refractivity contribution in [2.45, 2.75) is 110 Å². The van der Waals surface area contributed by atoms with Gasteiger partial charge in [-0.2, -0.15) is 0 Å². The smallest absolute Gasteiger partial charge is 0.222 e. The van der Waals surface area contributed by atoms with Crippen LogP contribution in [0.15, 0.2) is 24.3 Å². The van der Waals surface area contributed by atoms with Crippen molar-refractivity contribution in [2.75, 3.05) is 13.7 Å². The summed E-state index contributed by atoms with van der Waals surface area (Å²) in [6.45, 7) is 8.87. The minimum absolute atomic E-state index is 0.0286. The van der Waals surface area contributed by atoms with Crippen molar-refractivity contribution < 1.29 is 19.7 Å². The summed E-state index contributed by atoms with van der Waals surface area (Å²) < 4.78 is 6.37. The Morgan fingerprint density at radius 2 is 1.85 bits per heavy atom. The molecule has 0 unspecified atom stereocenters. The molecule has 1 aromatic carbocycles. The Labute approximate surface area is 235 Å². The standard InChI is InChI=1S/C34H51NO4/c1-21(9-12-31(38)35-16-14-22-7-5-6-8-23(22)20-35)26-10-11-27-32-28(19-30(39-4)34(26,27)3)33(2)15-13-25(36)17-24(33)18-29(32)37/h5-8,21,24-30,32,36-37H,9-20H2,1-4H3/t21-,24+,25-,26-,27+,28+,29-,30+,32+,33+,34-/m1/s1. The van der Waals surface area contributed by atoms with Crippen molar-refractivity contribution in [1.82, 2.24) is 4.90 Å². The molecule has 5 nitrogen and oxygen atoms in total. The van der Waals surface area contributed by atoms with Gasteiger partial charge in [0.05, 0.1) is 18.3 Å². The Kier molecular flexibility index (Phi) is 7.42. The van der Waals surface area contributed by atoms with Crippen LogP contribution in [-0.2, 0) is 22.5 Å². The molecule has 216 valence electrons. The summed E-state index contributed by atoms with van der Waals surface area (Å²) in [5.74, 6) is 2.90. The highest BCUT2D eigenvalue weighted by Crippen LogP contribution is 2.68. The Hall–Kier alpha value is -1.43. The number of amides is 1. The number of aliphatic hydroxyl groups is 2. The van der Waals surface area contributed by atoms with E-state index in [1.54, 1.807) is 0 Å². The summed E-state index contributed by atoms with van der Waals surface area (Å²) in [6, 6.07) is 8.53. The fraction of sp³-hybridized carbons (Fsp3) is 0.794. The van der Waals surface area contributed by atoms with Gasteiger partial charge in [0.2, 0.25) is 5.91 Å². The molecule has 5 heteroatoms. The summed E-state index contributed by atoms with van der Waals surface area (Å²) in [6.07, 6.45) is 9.17. The molecular weight excluding hydrogens is 486 g/mol. The number of rotatable bonds is 5. The molecule has 0 bridgehead atoms. The zero-order valence-corrected chi connectivity index (χ0v) is 24.6. The van der Waals surface area contributed by atoms with Crippen LogP contribution in [0.2, 0.25) is 0 Å². The minimum Gasteiger partial charge on any atom is -0.393 e. The van der Waals surface area contributed by atoms with E-state index >= 15 is 0 Å². The Balaban J connectivity index is 1.16. The second-order valence-electron chi connectivity index (χ2n) is 14.6. The van der Waals surface area contributed by atoms with Crippen LogP contribution in [-0.4, -0.2) is 53.0 Å². The van der Waals surface area contributed by atoms with E-state index in [1.165, 1.54) is 17.5 Å². The average molecular weight is 538 g/mol. The quantitative estimate of drug-likeness (QED) is 0.513. The largest absolute Gasteiger partial charge is 0.393 e. The van der Waals surface area contributed by atoms with Gasteiger partial charge in [-0.25, -0.2) is 0 Å². The molecule has 1 amide bonds. The van der Waals surface area contributed by atoms with Crippen molar-refractivity contribution in [3.63, 3.8) is 0 Å². The maximum Gasteiger partial charge on any atom is 0.222 e. The van der Waals surface area contributed by atoms with Gasteiger partial charge in [-0.15, -0.1) is 0 Å². The van der Waals surface area contributed by atoms with E-state index in [4.69, 9.17) is 4.74 Å². The zero-order chi connectivity index (χ0) is 27.5. The fourth-order valence-electron chi connectivity index (χ4n) is 10.9. The number of hydrogen-bond acceptors (Lipinski definition) is 4. The molecular formula is C34H51NO4. The van der Waals surface area contributed by atoms with Gasteiger partial charge in [0.1, 0.15) is 0 Å². The molecule has 0 aromatic heterocycles. The van der Waals surface area contributed by atoms with Crippen LogP contribution in [0.4, 0.5) is 0 Å². The van der Waals surface area contributed by atoms with Gasteiger partial charge in [0.25, 0.3) is 0 Å². The molecule has 11 atom stereocenters. The second kappa shape index (κ2) is 10.4. The first-order chi connectivity index (χ1) is 18.7. The van der Waals surface area contributed by atoms with Crippen molar-refractivity contribution in [3.05, 3.63) is 35.4 Å². The normalized spacial score (nSPS) is 44.1. The predicted molar refractivity (Wildman–Crippen MR) is 153 cm³/mol. The summed E-state index contributed by atoms with van der Waals surface area (Å²) in [4.78, 5) is 15.3. The van der Waals surface area contributed by atoms with Crippen LogP contribution in [0.3, 0.4) is 0 Å². The zero-order valence-electron chi connectivity index (χ0n) is 24.6. The number of ether oxygens (including phenoxy) is 1. The molecule has 1 heterocycles. The van der Waals surface area contributed by atoms with Gasteiger partial charge < -0.3 is 19.8 Å². The molecule has 0 radical (unpaired) electrons. The maximum absolute atomic E-state index is 13.3. The molecule has 0 spiro atoms. The number of benzene rings is 1. The Bertz CT molecular complexity index is 1060. The number of methoxy groups -OCH3 is 1. The molecule has 5 aliphatic rings. The number of carbonyl (C=O) groups is 1.